The monoisotopic (exact) mass is 365 g/mol. The lowest BCUT2D eigenvalue weighted by atomic mass is 10.1. The number of hydrogen-bond donors (Lipinski definition) is 0. The van der Waals surface area contributed by atoms with E-state index in [1.54, 1.807) is 0 Å². The van der Waals surface area contributed by atoms with Gasteiger partial charge < -0.3 is 4.90 Å². The largest absolute Gasteiger partial charge is 0.354 e. The molecule has 3 nitrogen and oxygen atoms in total. The molecule has 0 unspecified atom stereocenters. The van der Waals surface area contributed by atoms with Crippen molar-refractivity contribution in [3.05, 3.63) is 70.2 Å². The minimum atomic E-state index is 0.798. The highest BCUT2D eigenvalue weighted by atomic mass is 35.5. The zero-order chi connectivity index (χ0) is 18.1. The van der Waals surface area contributed by atoms with E-state index in [9.17, 15) is 0 Å². The summed E-state index contributed by atoms with van der Waals surface area (Å²) in [6.07, 6.45) is 0. The lowest BCUT2D eigenvalue weighted by Crippen LogP contribution is -2.46. The average Bonchev–Trinajstić information content (AvgIpc) is 2.64. The van der Waals surface area contributed by atoms with E-state index < -0.39 is 0 Å². The number of rotatable bonds is 3. The van der Waals surface area contributed by atoms with Crippen LogP contribution in [-0.4, -0.2) is 36.1 Å². The van der Waals surface area contributed by atoms with E-state index in [1.807, 2.05) is 12.1 Å². The summed E-state index contributed by atoms with van der Waals surface area (Å²) in [5, 5.41) is 2.05. The first-order valence-corrected chi connectivity index (χ1v) is 9.56. The second-order valence-corrected chi connectivity index (χ2v) is 7.64. The van der Waals surface area contributed by atoms with Gasteiger partial charge in [0, 0.05) is 43.1 Å². The number of anilines is 1. The Balaban J connectivity index is 1.46. The molecular weight excluding hydrogens is 342 g/mol. The third-order valence-electron chi connectivity index (χ3n) is 5.17. The van der Waals surface area contributed by atoms with Crippen LogP contribution in [0.15, 0.2) is 48.5 Å². The van der Waals surface area contributed by atoms with Crippen molar-refractivity contribution in [1.82, 2.24) is 9.88 Å². The zero-order valence-corrected chi connectivity index (χ0v) is 16.1. The summed E-state index contributed by atoms with van der Waals surface area (Å²) in [6.45, 7) is 9.41. The predicted octanol–water partition coefficient (Wildman–Crippen LogP) is 4.83. The Kier molecular flexibility index (Phi) is 4.84. The van der Waals surface area contributed by atoms with Gasteiger partial charge in [-0.25, -0.2) is 4.98 Å². The van der Waals surface area contributed by atoms with Gasteiger partial charge in [0.25, 0.3) is 0 Å². The molecule has 0 amide bonds. The first-order chi connectivity index (χ1) is 12.6. The number of halogens is 1. The van der Waals surface area contributed by atoms with Gasteiger partial charge in [-0.3, -0.25) is 4.90 Å². The molecular formula is C22H24ClN3. The molecule has 0 radical (unpaired) electrons. The molecule has 3 aromatic rings. The lowest BCUT2D eigenvalue weighted by molar-refractivity contribution is 0.249. The number of aromatic nitrogens is 1. The Bertz CT molecular complexity index is 913. The van der Waals surface area contributed by atoms with Crippen molar-refractivity contribution < 1.29 is 0 Å². The molecule has 4 rings (SSSR count). The van der Waals surface area contributed by atoms with E-state index in [-0.39, 0.29) is 0 Å². The normalized spacial score (nSPS) is 15.6. The molecule has 0 saturated carbocycles. The Labute approximate surface area is 160 Å². The Morgan fingerprint density at radius 2 is 1.65 bits per heavy atom. The first-order valence-electron chi connectivity index (χ1n) is 9.18. The number of hydrogen-bond acceptors (Lipinski definition) is 3. The van der Waals surface area contributed by atoms with E-state index in [1.165, 1.54) is 22.1 Å². The van der Waals surface area contributed by atoms with E-state index in [2.05, 4.69) is 60.0 Å². The number of piperazine rings is 1. The first kappa shape index (κ1) is 17.3. The summed E-state index contributed by atoms with van der Waals surface area (Å²) in [5.74, 6) is 1.10. The lowest BCUT2D eigenvalue weighted by Gasteiger charge is -2.35. The van der Waals surface area contributed by atoms with Crippen molar-refractivity contribution in [3.63, 3.8) is 0 Å². The van der Waals surface area contributed by atoms with E-state index >= 15 is 0 Å². The van der Waals surface area contributed by atoms with Gasteiger partial charge in [-0.05, 0) is 54.8 Å². The number of aryl methyl sites for hydroxylation is 2. The van der Waals surface area contributed by atoms with Crippen molar-refractivity contribution in [1.29, 1.82) is 0 Å². The van der Waals surface area contributed by atoms with Crippen LogP contribution >= 0.6 is 11.6 Å². The molecule has 0 N–H and O–H groups in total. The molecule has 26 heavy (non-hydrogen) atoms. The highest BCUT2D eigenvalue weighted by Gasteiger charge is 2.19. The van der Waals surface area contributed by atoms with Crippen molar-refractivity contribution >= 4 is 28.3 Å². The maximum atomic E-state index is 5.98. The highest BCUT2D eigenvalue weighted by molar-refractivity contribution is 6.30. The SMILES string of the molecule is Cc1ccc2c(C)cc(N3CCN(Cc4ccc(Cl)cc4)CC3)nc2c1. The van der Waals surface area contributed by atoms with Gasteiger partial charge >= 0.3 is 0 Å². The van der Waals surface area contributed by atoms with Crippen molar-refractivity contribution in [3.8, 4) is 0 Å². The maximum Gasteiger partial charge on any atom is 0.129 e. The Morgan fingerprint density at radius 3 is 2.38 bits per heavy atom. The molecule has 2 aromatic carbocycles. The summed E-state index contributed by atoms with van der Waals surface area (Å²) in [5.41, 5.74) is 4.98. The quantitative estimate of drug-likeness (QED) is 0.662. The van der Waals surface area contributed by atoms with Crippen molar-refractivity contribution in [2.75, 3.05) is 31.1 Å². The number of fused-ring (bicyclic) bond motifs is 1. The molecule has 0 spiro atoms. The molecule has 0 aliphatic carbocycles. The molecule has 1 aliphatic rings. The molecule has 1 aliphatic heterocycles. The van der Waals surface area contributed by atoms with Crippen LogP contribution in [0.25, 0.3) is 10.9 Å². The molecule has 0 atom stereocenters. The van der Waals surface area contributed by atoms with Crippen LogP contribution < -0.4 is 4.90 Å². The minimum absolute atomic E-state index is 0.798. The van der Waals surface area contributed by atoms with Crippen LogP contribution in [0, 0.1) is 13.8 Å². The molecule has 0 bridgehead atoms. The standard InChI is InChI=1S/C22H24ClN3/c1-16-3-8-20-17(2)14-22(24-21(20)13-16)26-11-9-25(10-12-26)15-18-4-6-19(23)7-5-18/h3-8,13-14H,9-12,15H2,1-2H3. The van der Waals surface area contributed by atoms with Gasteiger partial charge in [-0.15, -0.1) is 0 Å². The third-order valence-corrected chi connectivity index (χ3v) is 5.43. The molecule has 1 saturated heterocycles. The number of benzene rings is 2. The smallest absolute Gasteiger partial charge is 0.129 e. The Hall–Kier alpha value is -2.10. The van der Waals surface area contributed by atoms with E-state index in [0.29, 0.717) is 0 Å². The van der Waals surface area contributed by atoms with Gasteiger partial charge in [0.1, 0.15) is 5.82 Å². The van der Waals surface area contributed by atoms with Crippen LogP contribution in [0.4, 0.5) is 5.82 Å². The molecule has 134 valence electrons. The van der Waals surface area contributed by atoms with Crippen LogP contribution in [0.2, 0.25) is 5.02 Å². The molecule has 1 fully saturated rings. The molecule has 1 aromatic heterocycles. The second kappa shape index (κ2) is 7.26. The van der Waals surface area contributed by atoms with Gasteiger partial charge in [0.15, 0.2) is 0 Å². The summed E-state index contributed by atoms with van der Waals surface area (Å²) < 4.78 is 0. The summed E-state index contributed by atoms with van der Waals surface area (Å²) in [6, 6.07) is 16.9. The fourth-order valence-electron chi connectivity index (χ4n) is 3.64. The van der Waals surface area contributed by atoms with Crippen molar-refractivity contribution in [2.24, 2.45) is 0 Å². The van der Waals surface area contributed by atoms with Crippen molar-refractivity contribution in [2.45, 2.75) is 20.4 Å². The van der Waals surface area contributed by atoms with Gasteiger partial charge in [0.05, 0.1) is 5.52 Å². The fourth-order valence-corrected chi connectivity index (χ4v) is 3.77. The van der Waals surface area contributed by atoms with Crippen LogP contribution in [0.3, 0.4) is 0 Å². The molecule has 4 heteroatoms. The van der Waals surface area contributed by atoms with Crippen LogP contribution in [-0.2, 0) is 6.54 Å². The molecule has 2 heterocycles. The van der Waals surface area contributed by atoms with E-state index in [0.717, 1.165) is 49.1 Å². The van der Waals surface area contributed by atoms with Gasteiger partial charge in [0.2, 0.25) is 0 Å². The van der Waals surface area contributed by atoms with Crippen LogP contribution in [0.1, 0.15) is 16.7 Å². The maximum absolute atomic E-state index is 5.98. The number of nitrogens with zero attached hydrogens (tertiary/aromatic N) is 3. The van der Waals surface area contributed by atoms with Crippen LogP contribution in [0.5, 0.6) is 0 Å². The number of pyridine rings is 1. The van der Waals surface area contributed by atoms with E-state index in [4.69, 9.17) is 16.6 Å². The zero-order valence-electron chi connectivity index (χ0n) is 15.4. The minimum Gasteiger partial charge on any atom is -0.354 e. The summed E-state index contributed by atoms with van der Waals surface area (Å²) >= 11 is 5.98. The summed E-state index contributed by atoms with van der Waals surface area (Å²) in [4.78, 5) is 9.84. The highest BCUT2D eigenvalue weighted by Crippen LogP contribution is 2.24. The topological polar surface area (TPSA) is 19.4 Å². The van der Waals surface area contributed by atoms with Gasteiger partial charge in [-0.2, -0.15) is 0 Å². The van der Waals surface area contributed by atoms with Gasteiger partial charge in [-0.1, -0.05) is 35.9 Å². The Morgan fingerprint density at radius 1 is 0.923 bits per heavy atom. The summed E-state index contributed by atoms with van der Waals surface area (Å²) in [7, 11) is 0. The fraction of sp³-hybridized carbons (Fsp3) is 0.318. The second-order valence-electron chi connectivity index (χ2n) is 7.21. The predicted molar refractivity (Wildman–Crippen MR) is 110 cm³/mol. The third kappa shape index (κ3) is 3.69. The average molecular weight is 366 g/mol.